The van der Waals surface area contributed by atoms with E-state index in [1.807, 2.05) is 36.4 Å². The highest BCUT2D eigenvalue weighted by Crippen LogP contribution is 2.27. The third-order valence-corrected chi connectivity index (χ3v) is 5.69. The van der Waals surface area contributed by atoms with Crippen molar-refractivity contribution in [2.75, 3.05) is 48.8 Å². The van der Waals surface area contributed by atoms with Gasteiger partial charge in [-0.2, -0.15) is 0 Å². The number of carbonyl (C=O) groups excluding carboxylic acids is 2. The number of para-hydroxylation sites is 1. The molecule has 0 saturated carbocycles. The Kier molecular flexibility index (Phi) is 5.76. The molecule has 1 saturated heterocycles. The third kappa shape index (κ3) is 4.74. The number of hydrogen-bond donors (Lipinski definition) is 2. The molecule has 1 aromatic carbocycles. The molecular formula is C22H27N5O2. The quantitative estimate of drug-likeness (QED) is 0.816. The Labute approximate surface area is 171 Å². The second-order valence-electron chi connectivity index (χ2n) is 7.83. The van der Waals surface area contributed by atoms with Crippen molar-refractivity contribution in [1.29, 1.82) is 0 Å². The predicted molar refractivity (Wildman–Crippen MR) is 114 cm³/mol. The van der Waals surface area contributed by atoms with Gasteiger partial charge in [0.25, 0.3) is 0 Å². The first-order chi connectivity index (χ1) is 14.1. The summed E-state index contributed by atoms with van der Waals surface area (Å²) in [7, 11) is 2.12. The van der Waals surface area contributed by atoms with Gasteiger partial charge in [0.05, 0.1) is 11.9 Å². The van der Waals surface area contributed by atoms with E-state index in [-0.39, 0.29) is 17.7 Å². The minimum Gasteiger partial charge on any atom is -0.354 e. The van der Waals surface area contributed by atoms with E-state index in [0.717, 1.165) is 43.2 Å². The average Bonchev–Trinajstić information content (AvgIpc) is 2.73. The van der Waals surface area contributed by atoms with E-state index in [9.17, 15) is 9.59 Å². The van der Waals surface area contributed by atoms with Gasteiger partial charge < -0.3 is 20.4 Å². The van der Waals surface area contributed by atoms with Crippen molar-refractivity contribution in [3.05, 3.63) is 48.2 Å². The summed E-state index contributed by atoms with van der Waals surface area (Å²) in [5.41, 5.74) is 2.69. The molecule has 7 nitrogen and oxygen atoms in total. The summed E-state index contributed by atoms with van der Waals surface area (Å²) >= 11 is 0. The second-order valence-corrected chi connectivity index (χ2v) is 7.83. The smallest absolute Gasteiger partial charge is 0.227 e. The summed E-state index contributed by atoms with van der Waals surface area (Å²) in [6.07, 6.45) is 3.21. The fraction of sp³-hybridized carbons (Fsp3) is 0.409. The Morgan fingerprint density at radius 2 is 1.97 bits per heavy atom. The number of anilines is 3. The molecule has 2 aromatic rings. The largest absolute Gasteiger partial charge is 0.354 e. The van der Waals surface area contributed by atoms with Crippen molar-refractivity contribution < 1.29 is 9.59 Å². The second kappa shape index (κ2) is 8.61. The maximum absolute atomic E-state index is 12.3. The molecule has 0 spiro atoms. The number of likely N-dealkylation sites (N-methyl/N-ethyl adjacent to an activating group) is 1. The van der Waals surface area contributed by atoms with Gasteiger partial charge in [-0.1, -0.05) is 18.2 Å². The topological polar surface area (TPSA) is 77.6 Å². The molecule has 0 aliphatic carbocycles. The number of piperazine rings is 1. The zero-order chi connectivity index (χ0) is 20.2. The van der Waals surface area contributed by atoms with E-state index in [4.69, 9.17) is 0 Å². The van der Waals surface area contributed by atoms with Crippen molar-refractivity contribution in [3.63, 3.8) is 0 Å². The zero-order valence-electron chi connectivity index (χ0n) is 16.7. The summed E-state index contributed by atoms with van der Waals surface area (Å²) < 4.78 is 0. The summed E-state index contributed by atoms with van der Waals surface area (Å²) in [6, 6.07) is 11.7. The van der Waals surface area contributed by atoms with E-state index in [1.165, 1.54) is 0 Å². The molecular weight excluding hydrogens is 366 g/mol. The number of hydrogen-bond acceptors (Lipinski definition) is 5. The number of pyridine rings is 1. The van der Waals surface area contributed by atoms with Crippen LogP contribution in [0.5, 0.6) is 0 Å². The molecule has 3 heterocycles. The van der Waals surface area contributed by atoms with Crippen molar-refractivity contribution in [3.8, 4) is 0 Å². The number of rotatable bonds is 5. The summed E-state index contributed by atoms with van der Waals surface area (Å²) in [5.74, 6) is 0.669. The van der Waals surface area contributed by atoms with Crippen LogP contribution in [0.2, 0.25) is 0 Å². The molecule has 0 bridgehead atoms. The summed E-state index contributed by atoms with van der Waals surface area (Å²) in [5, 5.41) is 5.83. The van der Waals surface area contributed by atoms with Crippen molar-refractivity contribution >= 4 is 29.0 Å². The molecule has 0 radical (unpaired) electrons. The van der Waals surface area contributed by atoms with Crippen LogP contribution in [-0.2, 0) is 16.0 Å². The van der Waals surface area contributed by atoms with Crippen LogP contribution in [0.15, 0.2) is 42.6 Å². The lowest BCUT2D eigenvalue weighted by Gasteiger charge is -2.33. The highest BCUT2D eigenvalue weighted by Gasteiger charge is 2.26. The molecule has 4 rings (SSSR count). The number of aromatic nitrogens is 1. The lowest BCUT2D eigenvalue weighted by molar-refractivity contribution is -0.121. The molecule has 1 aromatic heterocycles. The maximum atomic E-state index is 12.3. The fourth-order valence-corrected chi connectivity index (χ4v) is 3.86. The van der Waals surface area contributed by atoms with Crippen LogP contribution in [0.1, 0.15) is 18.4 Å². The van der Waals surface area contributed by atoms with Gasteiger partial charge in [-0.3, -0.25) is 9.59 Å². The highest BCUT2D eigenvalue weighted by molar-refractivity contribution is 5.96. The van der Waals surface area contributed by atoms with Crippen LogP contribution in [0.25, 0.3) is 0 Å². The first kappa shape index (κ1) is 19.4. The monoisotopic (exact) mass is 393 g/mol. The molecule has 2 N–H and O–H groups in total. The van der Waals surface area contributed by atoms with E-state index in [1.54, 1.807) is 6.20 Å². The van der Waals surface area contributed by atoms with Crippen LogP contribution < -0.4 is 15.5 Å². The van der Waals surface area contributed by atoms with Crippen LogP contribution in [0, 0.1) is 5.92 Å². The van der Waals surface area contributed by atoms with Gasteiger partial charge >= 0.3 is 0 Å². The molecule has 7 heteroatoms. The van der Waals surface area contributed by atoms with Crippen LogP contribution in [0.3, 0.4) is 0 Å². The summed E-state index contributed by atoms with van der Waals surface area (Å²) in [6.45, 7) is 3.97. The Balaban J connectivity index is 1.27. The van der Waals surface area contributed by atoms with Gasteiger partial charge in [0.1, 0.15) is 5.82 Å². The molecule has 29 heavy (non-hydrogen) atoms. The van der Waals surface area contributed by atoms with Crippen molar-refractivity contribution in [1.82, 2.24) is 9.88 Å². The van der Waals surface area contributed by atoms with Gasteiger partial charge in [0.15, 0.2) is 0 Å². The third-order valence-electron chi connectivity index (χ3n) is 5.69. The van der Waals surface area contributed by atoms with Crippen LogP contribution in [0.4, 0.5) is 17.2 Å². The zero-order valence-corrected chi connectivity index (χ0v) is 16.7. The highest BCUT2D eigenvalue weighted by atomic mass is 16.2. The summed E-state index contributed by atoms with van der Waals surface area (Å²) in [4.78, 5) is 33.7. The van der Waals surface area contributed by atoms with Gasteiger partial charge in [0, 0.05) is 44.2 Å². The maximum Gasteiger partial charge on any atom is 0.227 e. The van der Waals surface area contributed by atoms with Gasteiger partial charge in [-0.05, 0) is 43.7 Å². The number of amides is 2. The molecule has 2 aliphatic rings. The minimum atomic E-state index is -0.173. The number of nitrogens with zero attached hydrogens (tertiary/aromatic N) is 3. The lowest BCUT2D eigenvalue weighted by Crippen LogP contribution is -2.44. The number of benzene rings is 1. The molecule has 152 valence electrons. The van der Waals surface area contributed by atoms with E-state index in [2.05, 4.69) is 32.5 Å². The predicted octanol–water partition coefficient (Wildman–Crippen LogP) is 2.36. The molecule has 1 fully saturated rings. The van der Waals surface area contributed by atoms with Gasteiger partial charge in [0.2, 0.25) is 11.8 Å². The Morgan fingerprint density at radius 3 is 2.72 bits per heavy atom. The number of carbonyl (C=O) groups is 2. The Hall–Kier alpha value is -2.93. The number of fused-ring (bicyclic) bond motifs is 1. The molecule has 2 amide bonds. The van der Waals surface area contributed by atoms with E-state index in [0.29, 0.717) is 24.9 Å². The minimum absolute atomic E-state index is 0.00491. The van der Waals surface area contributed by atoms with Crippen molar-refractivity contribution in [2.45, 2.75) is 19.3 Å². The van der Waals surface area contributed by atoms with Crippen LogP contribution >= 0.6 is 0 Å². The molecule has 1 atom stereocenters. The number of nitrogens with one attached hydrogen (secondary N) is 2. The van der Waals surface area contributed by atoms with Crippen LogP contribution in [-0.4, -0.2) is 54.9 Å². The average molecular weight is 393 g/mol. The van der Waals surface area contributed by atoms with E-state index < -0.39 is 0 Å². The van der Waals surface area contributed by atoms with Gasteiger partial charge in [-0.15, -0.1) is 0 Å². The standard InChI is InChI=1S/C22H27N5O2/c1-26-10-12-27(13-11-26)20-8-7-18(15-23-20)24-21(28)9-6-17-14-16-4-2-3-5-19(16)25-22(17)29/h2-5,7-8,15,17H,6,9-14H2,1H3,(H,24,28)(H,25,29)/t17-/m1/s1. The molecule has 0 unspecified atom stereocenters. The SMILES string of the molecule is CN1CCN(c2ccc(NC(=O)CC[C@@H]3Cc4ccccc4NC3=O)cn2)CC1. The fourth-order valence-electron chi connectivity index (χ4n) is 3.86. The Morgan fingerprint density at radius 1 is 1.17 bits per heavy atom. The van der Waals surface area contributed by atoms with E-state index >= 15 is 0 Å². The van der Waals surface area contributed by atoms with Gasteiger partial charge in [-0.25, -0.2) is 4.98 Å². The first-order valence-electron chi connectivity index (χ1n) is 10.2. The lowest BCUT2D eigenvalue weighted by atomic mass is 9.89. The van der Waals surface area contributed by atoms with Crippen molar-refractivity contribution in [2.24, 2.45) is 5.92 Å². The first-order valence-corrected chi connectivity index (χ1v) is 10.2. The normalized spacial score (nSPS) is 19.4. The molecule has 2 aliphatic heterocycles. The Bertz CT molecular complexity index is 875.